The Balaban J connectivity index is 1.67. The fourth-order valence-electron chi connectivity index (χ4n) is 3.36. The van der Waals surface area contributed by atoms with E-state index in [1.54, 1.807) is 23.5 Å². The van der Waals surface area contributed by atoms with E-state index in [-0.39, 0.29) is 11.9 Å². The van der Waals surface area contributed by atoms with Crippen LogP contribution in [0.4, 0.5) is 0 Å². The third-order valence-corrected chi connectivity index (χ3v) is 5.97. The number of likely N-dealkylation sites (tertiary alicyclic amines) is 1. The van der Waals surface area contributed by atoms with Gasteiger partial charge in [0.05, 0.1) is 5.01 Å². The molecule has 0 aliphatic carbocycles. The molecule has 1 aliphatic rings. The number of rotatable bonds is 5. The van der Waals surface area contributed by atoms with Crippen LogP contribution in [0.3, 0.4) is 0 Å². The molecule has 1 atom stereocenters. The molecule has 0 bridgehead atoms. The minimum atomic E-state index is 0.0820. The number of thiazole rings is 1. The number of aryl methyl sites for hydroxylation is 1. The molecule has 25 heavy (non-hydrogen) atoms. The molecule has 1 unspecified atom stereocenters. The molecule has 0 radical (unpaired) electrons. The van der Waals surface area contributed by atoms with Crippen LogP contribution < -0.4 is 0 Å². The minimum absolute atomic E-state index is 0.0820. The summed E-state index contributed by atoms with van der Waals surface area (Å²) in [5.74, 6) is 0.736. The van der Waals surface area contributed by atoms with Crippen LogP contribution in [0.15, 0.2) is 29.6 Å². The smallest absolute Gasteiger partial charge is 0.273 e. The van der Waals surface area contributed by atoms with Crippen LogP contribution in [0.1, 0.15) is 66.5 Å². The first-order valence-electron chi connectivity index (χ1n) is 9.09. The highest BCUT2D eigenvalue weighted by Crippen LogP contribution is 2.26. The van der Waals surface area contributed by atoms with Crippen molar-refractivity contribution in [3.05, 3.63) is 45.9 Å². The number of aromatic hydroxyl groups is 1. The fraction of sp³-hybridized carbons (Fsp3) is 0.500. The molecule has 3 rings (SSSR count). The lowest BCUT2D eigenvalue weighted by Crippen LogP contribution is -2.44. The number of phenols is 1. The molecular formula is C20H26N2O2S. The average molecular weight is 359 g/mol. The molecule has 5 heteroatoms. The van der Waals surface area contributed by atoms with Crippen molar-refractivity contribution in [2.75, 3.05) is 6.54 Å². The summed E-state index contributed by atoms with van der Waals surface area (Å²) in [7, 11) is 0. The summed E-state index contributed by atoms with van der Waals surface area (Å²) < 4.78 is 0. The third-order valence-electron chi connectivity index (χ3n) is 4.83. The van der Waals surface area contributed by atoms with Gasteiger partial charge in [-0.2, -0.15) is 0 Å². The quantitative estimate of drug-likeness (QED) is 0.850. The first kappa shape index (κ1) is 17.9. The van der Waals surface area contributed by atoms with Crippen molar-refractivity contribution < 1.29 is 9.90 Å². The van der Waals surface area contributed by atoms with Gasteiger partial charge in [0.15, 0.2) is 0 Å². The standard InChI is InChI=1S/C20H26N2O2S/c1-14(2)19-21-18(13-25-19)20(24)22-12-4-3-5-16(22)9-6-15-7-10-17(23)11-8-15/h7-8,10-11,13-14,16,23H,3-6,9,12H2,1-2H3. The Morgan fingerprint density at radius 2 is 2.08 bits per heavy atom. The zero-order valence-electron chi connectivity index (χ0n) is 14.9. The Hall–Kier alpha value is -1.88. The van der Waals surface area contributed by atoms with E-state index in [9.17, 15) is 9.90 Å². The summed E-state index contributed by atoms with van der Waals surface area (Å²) in [5, 5.41) is 12.3. The number of hydrogen-bond donors (Lipinski definition) is 1. The van der Waals surface area contributed by atoms with E-state index >= 15 is 0 Å². The van der Waals surface area contributed by atoms with E-state index < -0.39 is 0 Å². The summed E-state index contributed by atoms with van der Waals surface area (Å²) in [6, 6.07) is 7.64. The average Bonchev–Trinajstić information content (AvgIpc) is 3.11. The van der Waals surface area contributed by atoms with Crippen molar-refractivity contribution in [2.45, 2.75) is 57.9 Å². The second-order valence-electron chi connectivity index (χ2n) is 7.08. The number of aromatic nitrogens is 1. The second-order valence-corrected chi connectivity index (χ2v) is 7.97. The molecule has 4 nitrogen and oxygen atoms in total. The Morgan fingerprint density at radius 3 is 2.76 bits per heavy atom. The molecule has 134 valence electrons. The summed E-state index contributed by atoms with van der Waals surface area (Å²) in [5.41, 5.74) is 1.80. The van der Waals surface area contributed by atoms with Crippen LogP contribution >= 0.6 is 11.3 Å². The third kappa shape index (κ3) is 4.40. The Bertz CT molecular complexity index is 709. The Labute approximate surface area is 153 Å². The first-order chi connectivity index (χ1) is 12.0. The van der Waals surface area contributed by atoms with E-state index in [0.717, 1.165) is 37.2 Å². The van der Waals surface area contributed by atoms with Gasteiger partial charge in [-0.1, -0.05) is 26.0 Å². The van der Waals surface area contributed by atoms with E-state index in [2.05, 4.69) is 18.8 Å². The normalized spacial score (nSPS) is 17.9. The second kappa shape index (κ2) is 8.00. The zero-order valence-corrected chi connectivity index (χ0v) is 15.8. The molecular weight excluding hydrogens is 332 g/mol. The molecule has 0 spiro atoms. The lowest BCUT2D eigenvalue weighted by Gasteiger charge is -2.35. The molecule has 1 N–H and O–H groups in total. The topological polar surface area (TPSA) is 53.4 Å². The van der Waals surface area contributed by atoms with Crippen LogP contribution in [0.25, 0.3) is 0 Å². The van der Waals surface area contributed by atoms with Gasteiger partial charge >= 0.3 is 0 Å². The van der Waals surface area contributed by atoms with Crippen LogP contribution in [-0.2, 0) is 6.42 Å². The van der Waals surface area contributed by atoms with Crippen LogP contribution in [0.2, 0.25) is 0 Å². The molecule has 1 aromatic carbocycles. The number of benzene rings is 1. The monoisotopic (exact) mass is 358 g/mol. The summed E-state index contributed by atoms with van der Waals surface area (Å²) in [6.07, 6.45) is 5.19. The van der Waals surface area contributed by atoms with Crippen molar-refractivity contribution in [3.63, 3.8) is 0 Å². The van der Waals surface area contributed by atoms with Crippen molar-refractivity contribution in [2.24, 2.45) is 0 Å². The molecule has 1 fully saturated rings. The van der Waals surface area contributed by atoms with E-state index in [1.165, 1.54) is 12.0 Å². The van der Waals surface area contributed by atoms with Gasteiger partial charge in [0.25, 0.3) is 5.91 Å². The number of hydrogen-bond acceptors (Lipinski definition) is 4. The number of piperidine rings is 1. The zero-order chi connectivity index (χ0) is 17.8. The molecule has 1 aliphatic heterocycles. The molecule has 1 saturated heterocycles. The van der Waals surface area contributed by atoms with E-state index in [0.29, 0.717) is 17.4 Å². The van der Waals surface area contributed by atoms with Gasteiger partial charge in [0.1, 0.15) is 11.4 Å². The predicted octanol–water partition coefficient (Wildman–Crippen LogP) is 4.60. The van der Waals surface area contributed by atoms with Crippen LogP contribution in [0, 0.1) is 0 Å². The van der Waals surface area contributed by atoms with Gasteiger partial charge in [0, 0.05) is 23.9 Å². The molecule has 1 amide bonds. The van der Waals surface area contributed by atoms with E-state index in [4.69, 9.17) is 0 Å². The van der Waals surface area contributed by atoms with Crippen molar-refractivity contribution >= 4 is 17.2 Å². The van der Waals surface area contributed by atoms with Gasteiger partial charge in [-0.25, -0.2) is 4.98 Å². The number of carbonyl (C=O) groups is 1. The Kier molecular flexibility index (Phi) is 5.74. The van der Waals surface area contributed by atoms with Crippen molar-refractivity contribution in [1.82, 2.24) is 9.88 Å². The predicted molar refractivity (Wildman–Crippen MR) is 101 cm³/mol. The minimum Gasteiger partial charge on any atom is -0.508 e. The van der Waals surface area contributed by atoms with Crippen LogP contribution in [0.5, 0.6) is 5.75 Å². The molecule has 2 aromatic rings. The van der Waals surface area contributed by atoms with Crippen LogP contribution in [-0.4, -0.2) is 33.5 Å². The lowest BCUT2D eigenvalue weighted by atomic mass is 9.95. The summed E-state index contributed by atoms with van der Waals surface area (Å²) in [6.45, 7) is 5.04. The molecule has 0 saturated carbocycles. The van der Waals surface area contributed by atoms with E-state index in [1.807, 2.05) is 22.4 Å². The Morgan fingerprint density at radius 1 is 1.32 bits per heavy atom. The number of carbonyl (C=O) groups excluding carboxylic acids is 1. The maximum absolute atomic E-state index is 12.9. The van der Waals surface area contributed by atoms with Gasteiger partial charge < -0.3 is 10.0 Å². The van der Waals surface area contributed by atoms with Gasteiger partial charge in [-0.3, -0.25) is 4.79 Å². The van der Waals surface area contributed by atoms with Crippen molar-refractivity contribution in [1.29, 1.82) is 0 Å². The first-order valence-corrected chi connectivity index (χ1v) is 9.97. The van der Waals surface area contributed by atoms with Gasteiger partial charge in [-0.15, -0.1) is 11.3 Å². The lowest BCUT2D eigenvalue weighted by molar-refractivity contribution is 0.0596. The van der Waals surface area contributed by atoms with Gasteiger partial charge in [0.2, 0.25) is 0 Å². The fourth-order valence-corrected chi connectivity index (χ4v) is 4.17. The van der Waals surface area contributed by atoms with Gasteiger partial charge in [-0.05, 0) is 49.8 Å². The SMILES string of the molecule is CC(C)c1nc(C(=O)N2CCCCC2CCc2ccc(O)cc2)cs1. The summed E-state index contributed by atoms with van der Waals surface area (Å²) in [4.78, 5) is 19.5. The number of nitrogens with zero attached hydrogens (tertiary/aromatic N) is 2. The largest absolute Gasteiger partial charge is 0.508 e. The molecule has 2 heterocycles. The maximum Gasteiger partial charge on any atom is 0.273 e. The number of amides is 1. The molecule has 1 aromatic heterocycles. The number of phenolic OH excluding ortho intramolecular Hbond substituents is 1. The highest BCUT2D eigenvalue weighted by atomic mass is 32.1. The van der Waals surface area contributed by atoms with Crippen molar-refractivity contribution in [3.8, 4) is 5.75 Å². The summed E-state index contributed by atoms with van der Waals surface area (Å²) >= 11 is 1.58. The maximum atomic E-state index is 12.9. The highest BCUT2D eigenvalue weighted by Gasteiger charge is 2.28. The highest BCUT2D eigenvalue weighted by molar-refractivity contribution is 7.09.